The number of carbonyl (C=O) groups excluding carboxylic acids is 2. The van der Waals surface area contributed by atoms with Crippen LogP contribution in [-0.4, -0.2) is 37.7 Å². The normalized spacial score (nSPS) is 18.1. The molecule has 122 valence electrons. The zero-order chi connectivity index (χ0) is 16.3. The number of amides is 1. The van der Waals surface area contributed by atoms with E-state index >= 15 is 0 Å². The Morgan fingerprint density at radius 1 is 1.23 bits per heavy atom. The Labute approximate surface area is 135 Å². The number of hydrogen-bond acceptors (Lipinski definition) is 5. The van der Waals surface area contributed by atoms with E-state index < -0.39 is 9.84 Å². The first-order valence-electron chi connectivity index (χ1n) is 7.37. The van der Waals surface area contributed by atoms with Crippen LogP contribution in [-0.2, 0) is 14.6 Å². The van der Waals surface area contributed by atoms with Crippen molar-refractivity contribution in [1.82, 2.24) is 5.32 Å². The predicted octanol–water partition coefficient (Wildman–Crippen LogP) is 2.02. The van der Waals surface area contributed by atoms with Gasteiger partial charge < -0.3 is 5.32 Å². The molecule has 1 amide bonds. The second-order valence-corrected chi connectivity index (χ2v) is 9.51. The summed E-state index contributed by atoms with van der Waals surface area (Å²) >= 11 is 1.58. The monoisotopic (exact) mass is 343 g/mol. The molecule has 0 bridgehead atoms. The molecule has 0 aliphatic carbocycles. The summed E-state index contributed by atoms with van der Waals surface area (Å²) < 4.78 is 22.7. The van der Waals surface area contributed by atoms with E-state index in [-0.39, 0.29) is 42.1 Å². The van der Waals surface area contributed by atoms with Gasteiger partial charge in [0.1, 0.15) is 9.84 Å². The molecular formula is C15H21NO4S2. The quantitative estimate of drug-likeness (QED) is 0.830. The fourth-order valence-corrected chi connectivity index (χ4v) is 5.04. The van der Waals surface area contributed by atoms with E-state index in [9.17, 15) is 18.0 Å². The van der Waals surface area contributed by atoms with Gasteiger partial charge in [0.15, 0.2) is 5.78 Å². The summed E-state index contributed by atoms with van der Waals surface area (Å²) in [6, 6.07) is 1.78. The first-order valence-corrected chi connectivity index (χ1v) is 10.0. The zero-order valence-corrected chi connectivity index (χ0v) is 14.5. The Bertz CT molecular complexity index is 662. The Balaban J connectivity index is 1.78. The topological polar surface area (TPSA) is 80.3 Å². The van der Waals surface area contributed by atoms with Crippen LogP contribution >= 0.6 is 11.3 Å². The standard InChI is InChI=1S/C15H21NO4S2/c1-10-9-13(11(2)21-10)14(17)3-4-15(18)16-12-5-7-22(19,20)8-6-12/h9,12H,3-8H2,1-2H3,(H,16,18). The highest BCUT2D eigenvalue weighted by Crippen LogP contribution is 2.22. The van der Waals surface area contributed by atoms with Crippen LogP contribution in [0.25, 0.3) is 0 Å². The smallest absolute Gasteiger partial charge is 0.220 e. The van der Waals surface area contributed by atoms with E-state index in [1.165, 1.54) is 0 Å². The van der Waals surface area contributed by atoms with Crippen molar-refractivity contribution in [3.63, 3.8) is 0 Å². The molecule has 2 rings (SSSR count). The van der Waals surface area contributed by atoms with E-state index in [4.69, 9.17) is 0 Å². The zero-order valence-electron chi connectivity index (χ0n) is 12.8. The highest BCUT2D eigenvalue weighted by atomic mass is 32.2. The summed E-state index contributed by atoms with van der Waals surface area (Å²) in [4.78, 5) is 26.1. The van der Waals surface area contributed by atoms with Crippen LogP contribution in [0.1, 0.15) is 45.8 Å². The number of aryl methyl sites for hydroxylation is 2. The van der Waals surface area contributed by atoms with Crippen LogP contribution < -0.4 is 5.32 Å². The van der Waals surface area contributed by atoms with Crippen molar-refractivity contribution in [3.05, 3.63) is 21.4 Å². The highest BCUT2D eigenvalue weighted by Gasteiger charge is 2.24. The Hall–Kier alpha value is -1.21. The fraction of sp³-hybridized carbons (Fsp3) is 0.600. The lowest BCUT2D eigenvalue weighted by Gasteiger charge is -2.22. The van der Waals surface area contributed by atoms with Gasteiger partial charge in [-0.15, -0.1) is 11.3 Å². The van der Waals surface area contributed by atoms with Gasteiger partial charge in [-0.3, -0.25) is 9.59 Å². The number of carbonyl (C=O) groups is 2. The van der Waals surface area contributed by atoms with Gasteiger partial charge in [-0.05, 0) is 32.8 Å². The third kappa shape index (κ3) is 4.64. The maximum absolute atomic E-state index is 12.1. The second-order valence-electron chi connectivity index (χ2n) is 5.74. The summed E-state index contributed by atoms with van der Waals surface area (Å²) in [7, 11) is -2.92. The largest absolute Gasteiger partial charge is 0.353 e. The molecule has 1 N–H and O–H groups in total. The molecule has 0 unspecified atom stereocenters. The summed E-state index contributed by atoms with van der Waals surface area (Å²) in [5.74, 6) is 0.0691. The molecule has 7 heteroatoms. The van der Waals surface area contributed by atoms with E-state index in [1.54, 1.807) is 11.3 Å². The molecule has 1 saturated heterocycles. The number of sulfone groups is 1. The van der Waals surface area contributed by atoms with Crippen LogP contribution in [0.3, 0.4) is 0 Å². The van der Waals surface area contributed by atoms with Gasteiger partial charge in [0, 0.05) is 34.2 Å². The minimum atomic E-state index is -2.92. The van der Waals surface area contributed by atoms with E-state index in [0.29, 0.717) is 18.4 Å². The van der Waals surface area contributed by atoms with Crippen molar-refractivity contribution >= 4 is 32.9 Å². The number of rotatable bonds is 5. The maximum atomic E-state index is 12.1. The number of nitrogens with one attached hydrogen (secondary N) is 1. The lowest BCUT2D eigenvalue weighted by molar-refractivity contribution is -0.121. The van der Waals surface area contributed by atoms with Gasteiger partial charge >= 0.3 is 0 Å². The SMILES string of the molecule is Cc1cc(C(=O)CCC(=O)NC2CCS(=O)(=O)CC2)c(C)s1. The molecule has 1 aromatic heterocycles. The minimum Gasteiger partial charge on any atom is -0.353 e. The van der Waals surface area contributed by atoms with Gasteiger partial charge in [0.05, 0.1) is 11.5 Å². The van der Waals surface area contributed by atoms with Crippen molar-refractivity contribution in [2.45, 2.75) is 45.6 Å². The molecule has 2 heterocycles. The Morgan fingerprint density at radius 3 is 2.41 bits per heavy atom. The van der Waals surface area contributed by atoms with Crippen LogP contribution in [0.2, 0.25) is 0 Å². The number of hydrogen-bond donors (Lipinski definition) is 1. The van der Waals surface area contributed by atoms with Crippen LogP contribution in [0.5, 0.6) is 0 Å². The molecule has 22 heavy (non-hydrogen) atoms. The van der Waals surface area contributed by atoms with Crippen molar-refractivity contribution in [2.75, 3.05) is 11.5 Å². The molecule has 0 saturated carbocycles. The summed E-state index contributed by atoms with van der Waals surface area (Å²) in [5, 5.41) is 2.83. The fourth-order valence-electron chi connectivity index (χ4n) is 2.60. The molecule has 1 fully saturated rings. The minimum absolute atomic E-state index is 0.0109. The second kappa shape index (κ2) is 6.91. The Kier molecular flexibility index (Phi) is 5.39. The average Bonchev–Trinajstić information content (AvgIpc) is 2.77. The number of Topliss-reactive ketones (excluding diaryl/α,β-unsaturated/α-hetero) is 1. The molecule has 0 atom stereocenters. The molecule has 5 nitrogen and oxygen atoms in total. The summed E-state index contributed by atoms with van der Waals surface area (Å²) in [6.45, 7) is 3.87. The van der Waals surface area contributed by atoms with Crippen molar-refractivity contribution < 1.29 is 18.0 Å². The van der Waals surface area contributed by atoms with Crippen molar-refractivity contribution in [3.8, 4) is 0 Å². The van der Waals surface area contributed by atoms with E-state index in [2.05, 4.69) is 5.32 Å². The lowest BCUT2D eigenvalue weighted by Crippen LogP contribution is -2.40. The molecule has 1 aliphatic heterocycles. The van der Waals surface area contributed by atoms with Gasteiger partial charge in [0.2, 0.25) is 5.91 Å². The Morgan fingerprint density at radius 2 is 1.86 bits per heavy atom. The first kappa shape index (κ1) is 17.1. The molecule has 1 aliphatic rings. The molecular weight excluding hydrogens is 322 g/mol. The van der Waals surface area contributed by atoms with Crippen LogP contribution in [0, 0.1) is 13.8 Å². The average molecular weight is 343 g/mol. The van der Waals surface area contributed by atoms with Gasteiger partial charge in [-0.1, -0.05) is 0 Å². The predicted molar refractivity (Wildman–Crippen MR) is 87.2 cm³/mol. The van der Waals surface area contributed by atoms with Crippen molar-refractivity contribution in [2.24, 2.45) is 0 Å². The number of thiophene rings is 1. The van der Waals surface area contributed by atoms with E-state index in [1.807, 2.05) is 19.9 Å². The third-order valence-electron chi connectivity index (χ3n) is 3.84. The highest BCUT2D eigenvalue weighted by molar-refractivity contribution is 7.91. The summed E-state index contributed by atoms with van der Waals surface area (Å²) in [5.41, 5.74) is 0.707. The van der Waals surface area contributed by atoms with Crippen molar-refractivity contribution in [1.29, 1.82) is 0 Å². The van der Waals surface area contributed by atoms with Gasteiger partial charge in [-0.2, -0.15) is 0 Å². The maximum Gasteiger partial charge on any atom is 0.220 e. The molecule has 0 radical (unpaired) electrons. The first-order chi connectivity index (χ1) is 10.3. The molecule has 1 aromatic rings. The van der Waals surface area contributed by atoms with Crippen LogP contribution in [0.15, 0.2) is 6.07 Å². The van der Waals surface area contributed by atoms with Gasteiger partial charge in [0.25, 0.3) is 0 Å². The number of ketones is 1. The van der Waals surface area contributed by atoms with E-state index in [0.717, 1.165) is 9.75 Å². The third-order valence-corrected chi connectivity index (χ3v) is 6.52. The van der Waals surface area contributed by atoms with Gasteiger partial charge in [-0.25, -0.2) is 8.42 Å². The summed E-state index contributed by atoms with van der Waals surface area (Å²) in [6.07, 6.45) is 1.26. The lowest BCUT2D eigenvalue weighted by atomic mass is 10.1. The molecule has 0 aromatic carbocycles. The van der Waals surface area contributed by atoms with Crippen LogP contribution in [0.4, 0.5) is 0 Å². The molecule has 0 spiro atoms.